The van der Waals surface area contributed by atoms with Crippen LogP contribution in [0.15, 0.2) is 12.4 Å². The predicted molar refractivity (Wildman–Crippen MR) is 70.7 cm³/mol. The summed E-state index contributed by atoms with van der Waals surface area (Å²) in [7, 11) is 0. The lowest BCUT2D eigenvalue weighted by molar-refractivity contribution is 0.459. The molecule has 1 N–H and O–H groups in total. The van der Waals surface area contributed by atoms with E-state index in [1.54, 1.807) is 13.8 Å². The topological polar surface area (TPSA) is 37.8 Å². The molecule has 8 heteroatoms. The van der Waals surface area contributed by atoms with Gasteiger partial charge in [-0.2, -0.15) is 0 Å². The van der Waals surface area contributed by atoms with E-state index in [-0.39, 0.29) is 23.0 Å². The Bertz CT molecular complexity index is 665. The van der Waals surface area contributed by atoms with Gasteiger partial charge in [-0.15, -0.1) is 0 Å². The van der Waals surface area contributed by atoms with Crippen LogP contribution in [0.5, 0.6) is 0 Å². The summed E-state index contributed by atoms with van der Waals surface area (Å²) in [5, 5.41) is 2.33. The third kappa shape index (κ3) is 2.92. The van der Waals surface area contributed by atoms with E-state index in [0.717, 1.165) is 6.33 Å². The number of nitrogens with zero attached hydrogens (tertiary/aromatic N) is 2. The number of nitrogens with one attached hydrogen (secondary N) is 1. The van der Waals surface area contributed by atoms with Gasteiger partial charge in [0, 0.05) is 11.6 Å². The molecule has 0 aliphatic rings. The van der Waals surface area contributed by atoms with Crippen molar-refractivity contribution in [3.63, 3.8) is 0 Å². The van der Waals surface area contributed by atoms with Gasteiger partial charge in [-0.1, -0.05) is 25.4 Å². The Hall–Kier alpha value is -1.89. The van der Waals surface area contributed by atoms with E-state index in [4.69, 9.17) is 11.6 Å². The van der Waals surface area contributed by atoms with E-state index in [9.17, 15) is 17.6 Å². The first-order chi connectivity index (χ1) is 9.82. The smallest absolute Gasteiger partial charge is 0.185 e. The molecule has 0 aliphatic carbocycles. The van der Waals surface area contributed by atoms with Crippen LogP contribution in [0.3, 0.4) is 0 Å². The Labute approximate surface area is 123 Å². The van der Waals surface area contributed by atoms with Gasteiger partial charge in [0.15, 0.2) is 23.3 Å². The zero-order valence-corrected chi connectivity index (χ0v) is 11.8. The molecular weight excluding hydrogens is 310 g/mol. The van der Waals surface area contributed by atoms with Gasteiger partial charge in [0.25, 0.3) is 0 Å². The highest BCUT2D eigenvalue weighted by Crippen LogP contribution is 2.32. The van der Waals surface area contributed by atoms with E-state index in [2.05, 4.69) is 15.3 Å². The Morgan fingerprint density at radius 1 is 1.05 bits per heavy atom. The van der Waals surface area contributed by atoms with Crippen LogP contribution in [-0.2, 0) is 0 Å². The van der Waals surface area contributed by atoms with E-state index < -0.39 is 29.0 Å². The number of halogens is 5. The predicted octanol–water partition coefficient (Wildman–Crippen LogP) is 4.55. The molecule has 0 atom stereocenters. The molecule has 21 heavy (non-hydrogen) atoms. The van der Waals surface area contributed by atoms with Crippen LogP contribution in [0.4, 0.5) is 29.1 Å². The van der Waals surface area contributed by atoms with Crippen LogP contribution in [0.2, 0.25) is 5.15 Å². The largest absolute Gasteiger partial charge is 0.335 e. The molecule has 0 amide bonds. The highest BCUT2D eigenvalue weighted by atomic mass is 35.5. The molecule has 0 unspecified atom stereocenters. The van der Waals surface area contributed by atoms with Crippen molar-refractivity contribution >= 4 is 23.1 Å². The maximum Gasteiger partial charge on any atom is 0.185 e. The monoisotopic (exact) mass is 319 g/mol. The Kier molecular flexibility index (Phi) is 4.32. The first-order valence-electron chi connectivity index (χ1n) is 5.93. The Balaban J connectivity index is 2.56. The highest BCUT2D eigenvalue weighted by molar-refractivity contribution is 6.30. The molecule has 0 radical (unpaired) electrons. The molecule has 0 saturated heterocycles. The van der Waals surface area contributed by atoms with Gasteiger partial charge in [-0.25, -0.2) is 27.5 Å². The summed E-state index contributed by atoms with van der Waals surface area (Å²) < 4.78 is 53.6. The minimum Gasteiger partial charge on any atom is -0.335 e. The Morgan fingerprint density at radius 3 is 2.14 bits per heavy atom. The number of aromatic nitrogens is 2. The van der Waals surface area contributed by atoms with Crippen molar-refractivity contribution in [1.82, 2.24) is 9.97 Å². The van der Waals surface area contributed by atoms with E-state index >= 15 is 0 Å². The standard InChI is InChI=1S/C13H10ClF4N3/c1-5(2)8-12(14)19-4-20-13(8)21-11-9(17)6(15)3-7(16)10(11)18/h3-5H,1-2H3,(H,19,20,21). The van der Waals surface area contributed by atoms with Gasteiger partial charge < -0.3 is 5.32 Å². The average molecular weight is 320 g/mol. The van der Waals surface area contributed by atoms with Gasteiger partial charge in [-0.05, 0) is 5.92 Å². The summed E-state index contributed by atoms with van der Waals surface area (Å²) in [5.74, 6) is -6.31. The third-order valence-electron chi connectivity index (χ3n) is 2.77. The normalized spacial score (nSPS) is 11.0. The van der Waals surface area contributed by atoms with Crippen molar-refractivity contribution in [3.05, 3.63) is 46.4 Å². The summed E-state index contributed by atoms with van der Waals surface area (Å²) in [6, 6.07) is 0.131. The minimum absolute atomic E-state index is 0.0206. The first kappa shape index (κ1) is 15.5. The number of hydrogen-bond acceptors (Lipinski definition) is 3. The zero-order valence-electron chi connectivity index (χ0n) is 11.0. The van der Waals surface area contributed by atoms with Crippen LogP contribution in [-0.4, -0.2) is 9.97 Å². The van der Waals surface area contributed by atoms with Crippen molar-refractivity contribution in [3.8, 4) is 0 Å². The summed E-state index contributed by atoms with van der Waals surface area (Å²) in [6.45, 7) is 3.52. The molecule has 112 valence electrons. The molecule has 0 bridgehead atoms. The molecule has 0 saturated carbocycles. The molecule has 2 aromatic rings. The summed E-state index contributed by atoms with van der Waals surface area (Å²) in [5.41, 5.74) is -0.591. The highest BCUT2D eigenvalue weighted by Gasteiger charge is 2.22. The molecule has 3 nitrogen and oxygen atoms in total. The van der Waals surface area contributed by atoms with Gasteiger partial charge in [0.2, 0.25) is 0 Å². The van der Waals surface area contributed by atoms with E-state index in [1.165, 1.54) is 0 Å². The first-order valence-corrected chi connectivity index (χ1v) is 6.31. The second kappa shape index (κ2) is 5.85. The van der Waals surface area contributed by atoms with Crippen molar-refractivity contribution in [1.29, 1.82) is 0 Å². The van der Waals surface area contributed by atoms with Crippen LogP contribution in [0.1, 0.15) is 25.3 Å². The van der Waals surface area contributed by atoms with Crippen LogP contribution >= 0.6 is 11.6 Å². The molecule has 1 heterocycles. The third-order valence-corrected chi connectivity index (χ3v) is 3.07. The molecule has 0 fully saturated rings. The van der Waals surface area contributed by atoms with Crippen molar-refractivity contribution in [2.45, 2.75) is 19.8 Å². The lowest BCUT2D eigenvalue weighted by atomic mass is 10.1. The Morgan fingerprint density at radius 2 is 1.62 bits per heavy atom. The number of benzene rings is 1. The van der Waals surface area contributed by atoms with E-state index in [0.29, 0.717) is 5.56 Å². The number of anilines is 2. The maximum atomic E-state index is 13.6. The quantitative estimate of drug-likeness (QED) is 0.512. The summed E-state index contributed by atoms with van der Waals surface area (Å²) in [6.07, 6.45) is 1.07. The SMILES string of the molecule is CC(C)c1c(Cl)ncnc1Nc1c(F)c(F)cc(F)c1F. The van der Waals surface area contributed by atoms with Gasteiger partial charge >= 0.3 is 0 Å². The van der Waals surface area contributed by atoms with Crippen LogP contribution in [0.25, 0.3) is 0 Å². The van der Waals surface area contributed by atoms with Gasteiger partial charge in [0.1, 0.15) is 23.0 Å². The minimum atomic E-state index is -1.54. The van der Waals surface area contributed by atoms with Crippen molar-refractivity contribution < 1.29 is 17.6 Å². The fraction of sp³-hybridized carbons (Fsp3) is 0.231. The second-order valence-electron chi connectivity index (χ2n) is 4.55. The number of hydrogen-bond donors (Lipinski definition) is 1. The lowest BCUT2D eigenvalue weighted by Crippen LogP contribution is -2.08. The summed E-state index contributed by atoms with van der Waals surface area (Å²) >= 11 is 5.91. The molecule has 0 spiro atoms. The second-order valence-corrected chi connectivity index (χ2v) is 4.91. The van der Waals surface area contributed by atoms with Crippen LogP contribution < -0.4 is 5.32 Å². The van der Waals surface area contributed by atoms with Gasteiger partial charge in [-0.3, -0.25) is 0 Å². The van der Waals surface area contributed by atoms with Crippen molar-refractivity contribution in [2.24, 2.45) is 0 Å². The fourth-order valence-electron chi connectivity index (χ4n) is 1.79. The lowest BCUT2D eigenvalue weighted by Gasteiger charge is -2.15. The summed E-state index contributed by atoms with van der Waals surface area (Å²) in [4.78, 5) is 7.57. The fourth-order valence-corrected chi connectivity index (χ4v) is 2.14. The molecule has 2 rings (SSSR count). The van der Waals surface area contributed by atoms with E-state index in [1.807, 2.05) is 0 Å². The van der Waals surface area contributed by atoms with Gasteiger partial charge in [0.05, 0.1) is 0 Å². The molecular formula is C13H10ClF4N3. The molecule has 1 aromatic carbocycles. The molecule has 1 aromatic heterocycles. The number of rotatable bonds is 3. The average Bonchev–Trinajstić information content (AvgIpc) is 2.41. The zero-order chi connectivity index (χ0) is 15.7. The van der Waals surface area contributed by atoms with Crippen LogP contribution in [0, 0.1) is 23.3 Å². The van der Waals surface area contributed by atoms with Crippen molar-refractivity contribution in [2.75, 3.05) is 5.32 Å². The molecule has 0 aliphatic heterocycles. The maximum absolute atomic E-state index is 13.6.